The van der Waals surface area contributed by atoms with Crippen LogP contribution in [-0.4, -0.2) is 12.1 Å². The first-order valence-corrected chi connectivity index (χ1v) is 5.50. The summed E-state index contributed by atoms with van der Waals surface area (Å²) in [4.78, 5) is 11.6. The minimum absolute atomic E-state index is 0.173. The lowest BCUT2D eigenvalue weighted by molar-refractivity contribution is 0.0955. The molecule has 1 aromatic carbocycles. The molecule has 86 valence electrons. The van der Waals surface area contributed by atoms with Gasteiger partial charge in [-0.25, -0.2) is 5.43 Å². The van der Waals surface area contributed by atoms with Gasteiger partial charge in [-0.1, -0.05) is 39.0 Å². The Morgan fingerprint density at radius 3 is 2.44 bits per heavy atom. The van der Waals surface area contributed by atoms with E-state index in [2.05, 4.69) is 31.3 Å². The van der Waals surface area contributed by atoms with E-state index in [0.717, 1.165) is 0 Å². The molecule has 1 rings (SSSR count). The molecule has 1 atom stereocenters. The Bertz CT molecular complexity index is 357. The van der Waals surface area contributed by atoms with Crippen LogP contribution in [0.2, 0.25) is 0 Å². The first-order chi connectivity index (χ1) is 7.61. The van der Waals surface area contributed by atoms with Gasteiger partial charge in [0.1, 0.15) is 0 Å². The first kappa shape index (κ1) is 12.4. The molecule has 0 aliphatic carbocycles. The fraction of sp³-hybridized carbons (Fsp3) is 0.385. The molecular formula is C13H18N2O. The van der Waals surface area contributed by atoms with Crippen LogP contribution in [-0.2, 0) is 0 Å². The molecule has 0 aliphatic heterocycles. The highest BCUT2D eigenvalue weighted by molar-refractivity contribution is 5.94. The number of hydrogen-bond donors (Lipinski definition) is 1. The number of benzene rings is 1. The van der Waals surface area contributed by atoms with Gasteiger partial charge in [-0.3, -0.25) is 4.79 Å². The SMILES string of the molecule is CC(C)[C@H](C)/C=N/NC(=O)c1ccccc1. The van der Waals surface area contributed by atoms with Gasteiger partial charge in [-0.2, -0.15) is 5.10 Å². The summed E-state index contributed by atoms with van der Waals surface area (Å²) in [6.45, 7) is 6.31. The highest BCUT2D eigenvalue weighted by Gasteiger charge is 2.04. The zero-order valence-electron chi connectivity index (χ0n) is 9.97. The molecule has 0 fully saturated rings. The minimum atomic E-state index is -0.173. The van der Waals surface area contributed by atoms with Gasteiger partial charge in [0.15, 0.2) is 0 Å². The van der Waals surface area contributed by atoms with Crippen LogP contribution in [0, 0.1) is 11.8 Å². The predicted octanol–water partition coefficient (Wildman–Crippen LogP) is 2.69. The van der Waals surface area contributed by atoms with Crippen LogP contribution >= 0.6 is 0 Å². The summed E-state index contributed by atoms with van der Waals surface area (Å²) in [6.07, 6.45) is 1.77. The smallest absolute Gasteiger partial charge is 0.267 e. The highest BCUT2D eigenvalue weighted by atomic mass is 16.2. The molecule has 1 aromatic rings. The van der Waals surface area contributed by atoms with Gasteiger partial charge in [0, 0.05) is 11.8 Å². The van der Waals surface area contributed by atoms with E-state index in [-0.39, 0.29) is 5.91 Å². The Morgan fingerprint density at radius 1 is 1.25 bits per heavy atom. The Hall–Kier alpha value is -1.64. The molecule has 0 unspecified atom stereocenters. The van der Waals surface area contributed by atoms with Crippen molar-refractivity contribution in [3.8, 4) is 0 Å². The summed E-state index contributed by atoms with van der Waals surface area (Å²) in [5.41, 5.74) is 3.14. The van der Waals surface area contributed by atoms with E-state index >= 15 is 0 Å². The monoisotopic (exact) mass is 218 g/mol. The summed E-state index contributed by atoms with van der Waals surface area (Å²) in [7, 11) is 0. The molecule has 0 heterocycles. The van der Waals surface area contributed by atoms with E-state index < -0.39 is 0 Å². The number of amides is 1. The van der Waals surface area contributed by atoms with Crippen LogP contribution in [0.15, 0.2) is 35.4 Å². The van der Waals surface area contributed by atoms with Crippen LogP contribution in [0.25, 0.3) is 0 Å². The molecule has 0 aromatic heterocycles. The van der Waals surface area contributed by atoms with E-state index in [1.165, 1.54) is 0 Å². The maximum Gasteiger partial charge on any atom is 0.271 e. The molecule has 0 aliphatic rings. The van der Waals surface area contributed by atoms with E-state index in [0.29, 0.717) is 17.4 Å². The third-order valence-electron chi connectivity index (χ3n) is 2.56. The van der Waals surface area contributed by atoms with Crippen LogP contribution in [0.3, 0.4) is 0 Å². The molecule has 0 saturated carbocycles. The lowest BCUT2D eigenvalue weighted by atomic mass is 10.00. The van der Waals surface area contributed by atoms with Gasteiger partial charge in [0.25, 0.3) is 5.91 Å². The maximum absolute atomic E-state index is 11.6. The van der Waals surface area contributed by atoms with Crippen molar-refractivity contribution < 1.29 is 4.79 Å². The maximum atomic E-state index is 11.6. The Morgan fingerprint density at radius 2 is 1.88 bits per heavy atom. The number of carbonyl (C=O) groups excluding carboxylic acids is 1. The number of rotatable bonds is 4. The average molecular weight is 218 g/mol. The summed E-state index contributed by atoms with van der Waals surface area (Å²) < 4.78 is 0. The molecule has 0 spiro atoms. The molecule has 0 radical (unpaired) electrons. The zero-order chi connectivity index (χ0) is 12.0. The molecule has 3 heteroatoms. The summed E-state index contributed by atoms with van der Waals surface area (Å²) in [5, 5.41) is 3.94. The average Bonchev–Trinajstić information content (AvgIpc) is 2.29. The number of nitrogens with zero attached hydrogens (tertiary/aromatic N) is 1. The summed E-state index contributed by atoms with van der Waals surface area (Å²) in [5.74, 6) is 0.709. The number of hydrazone groups is 1. The molecule has 0 bridgehead atoms. The summed E-state index contributed by atoms with van der Waals surface area (Å²) >= 11 is 0. The largest absolute Gasteiger partial charge is 0.271 e. The Kier molecular flexibility index (Phi) is 4.70. The van der Waals surface area contributed by atoms with Crippen molar-refractivity contribution in [2.24, 2.45) is 16.9 Å². The van der Waals surface area contributed by atoms with Crippen molar-refractivity contribution in [2.45, 2.75) is 20.8 Å². The second kappa shape index (κ2) is 6.05. The van der Waals surface area contributed by atoms with Gasteiger partial charge in [0.2, 0.25) is 0 Å². The standard InChI is InChI=1S/C13H18N2O/c1-10(2)11(3)9-14-15-13(16)12-7-5-4-6-8-12/h4-11H,1-3H3,(H,15,16)/b14-9+/t11-/m1/s1. The number of hydrogen-bond acceptors (Lipinski definition) is 2. The lowest BCUT2D eigenvalue weighted by Gasteiger charge is -2.08. The third-order valence-corrected chi connectivity index (χ3v) is 2.56. The van der Waals surface area contributed by atoms with Crippen LogP contribution in [0.5, 0.6) is 0 Å². The van der Waals surface area contributed by atoms with Crippen LogP contribution in [0.4, 0.5) is 0 Å². The van der Waals surface area contributed by atoms with E-state index in [1.807, 2.05) is 18.2 Å². The van der Waals surface area contributed by atoms with Crippen molar-refractivity contribution >= 4 is 12.1 Å². The Labute approximate surface area is 96.6 Å². The minimum Gasteiger partial charge on any atom is -0.267 e. The van der Waals surface area contributed by atoms with Crippen LogP contribution < -0.4 is 5.43 Å². The second-order valence-corrected chi connectivity index (χ2v) is 4.19. The van der Waals surface area contributed by atoms with Crippen molar-refractivity contribution in [3.05, 3.63) is 35.9 Å². The lowest BCUT2D eigenvalue weighted by Crippen LogP contribution is -2.18. The normalized spacial score (nSPS) is 13.0. The van der Waals surface area contributed by atoms with Gasteiger partial charge < -0.3 is 0 Å². The third kappa shape index (κ3) is 3.85. The molecule has 1 amide bonds. The molecular weight excluding hydrogens is 200 g/mol. The van der Waals surface area contributed by atoms with Crippen LogP contribution in [0.1, 0.15) is 31.1 Å². The number of carbonyl (C=O) groups is 1. The second-order valence-electron chi connectivity index (χ2n) is 4.19. The quantitative estimate of drug-likeness (QED) is 0.612. The zero-order valence-corrected chi connectivity index (χ0v) is 9.97. The van der Waals surface area contributed by atoms with Crippen molar-refractivity contribution in [1.29, 1.82) is 0 Å². The first-order valence-electron chi connectivity index (χ1n) is 5.50. The fourth-order valence-corrected chi connectivity index (χ4v) is 1.04. The Balaban J connectivity index is 2.48. The number of nitrogens with one attached hydrogen (secondary N) is 1. The van der Waals surface area contributed by atoms with Gasteiger partial charge in [-0.05, 0) is 24.0 Å². The van der Waals surface area contributed by atoms with E-state index in [1.54, 1.807) is 18.3 Å². The topological polar surface area (TPSA) is 41.5 Å². The van der Waals surface area contributed by atoms with Gasteiger partial charge >= 0.3 is 0 Å². The van der Waals surface area contributed by atoms with Crippen molar-refractivity contribution in [1.82, 2.24) is 5.43 Å². The van der Waals surface area contributed by atoms with Gasteiger partial charge in [-0.15, -0.1) is 0 Å². The highest BCUT2D eigenvalue weighted by Crippen LogP contribution is 2.05. The van der Waals surface area contributed by atoms with E-state index in [9.17, 15) is 4.79 Å². The summed E-state index contributed by atoms with van der Waals surface area (Å²) in [6, 6.07) is 9.05. The predicted molar refractivity (Wildman–Crippen MR) is 66.4 cm³/mol. The van der Waals surface area contributed by atoms with Gasteiger partial charge in [0.05, 0.1) is 0 Å². The molecule has 1 N–H and O–H groups in total. The molecule has 0 saturated heterocycles. The molecule has 16 heavy (non-hydrogen) atoms. The fourth-order valence-electron chi connectivity index (χ4n) is 1.04. The van der Waals surface area contributed by atoms with Crippen molar-refractivity contribution in [3.63, 3.8) is 0 Å². The van der Waals surface area contributed by atoms with E-state index in [4.69, 9.17) is 0 Å². The molecule has 3 nitrogen and oxygen atoms in total. The van der Waals surface area contributed by atoms with Crippen molar-refractivity contribution in [2.75, 3.05) is 0 Å².